The first-order valence-electron chi connectivity index (χ1n) is 5.01. The van der Waals surface area contributed by atoms with Crippen LogP contribution in [0.25, 0.3) is 0 Å². The van der Waals surface area contributed by atoms with Crippen molar-refractivity contribution in [2.24, 2.45) is 14.1 Å². The molecule has 1 rings (SSSR count). The van der Waals surface area contributed by atoms with E-state index in [1.165, 1.54) is 14.1 Å². The van der Waals surface area contributed by atoms with Crippen LogP contribution in [-0.2, 0) is 14.1 Å². The molecule has 0 aromatic carbocycles. The van der Waals surface area contributed by atoms with Gasteiger partial charge in [0, 0.05) is 21.0 Å². The van der Waals surface area contributed by atoms with Crippen LogP contribution in [-0.4, -0.2) is 21.6 Å². The van der Waals surface area contributed by atoms with E-state index < -0.39 is 23.7 Å². The zero-order valence-electron chi connectivity index (χ0n) is 10.1. The highest BCUT2D eigenvalue weighted by Gasteiger charge is 2.23. The predicted molar refractivity (Wildman–Crippen MR) is 60.7 cm³/mol. The molecule has 0 aliphatic carbocycles. The van der Waals surface area contributed by atoms with Gasteiger partial charge in [-0.25, -0.2) is 13.6 Å². The van der Waals surface area contributed by atoms with E-state index in [4.69, 9.17) is 5.26 Å². The predicted octanol–water partition coefficient (Wildman–Crippen LogP) is 0.0228. The summed E-state index contributed by atoms with van der Waals surface area (Å²) < 4.78 is 27.2. The first-order valence-corrected chi connectivity index (χ1v) is 5.01. The van der Waals surface area contributed by atoms with E-state index in [1.54, 1.807) is 6.07 Å². The zero-order valence-corrected chi connectivity index (χ0v) is 10.1. The van der Waals surface area contributed by atoms with Crippen LogP contribution in [0.1, 0.15) is 12.5 Å². The highest BCUT2D eigenvalue weighted by molar-refractivity contribution is 5.51. The van der Waals surface area contributed by atoms with Gasteiger partial charge in [-0.15, -0.1) is 0 Å². The number of rotatable bonds is 3. The Morgan fingerprint density at radius 1 is 1.33 bits per heavy atom. The van der Waals surface area contributed by atoms with Crippen molar-refractivity contribution in [1.29, 1.82) is 5.26 Å². The second-order valence-electron chi connectivity index (χ2n) is 3.96. The maximum Gasteiger partial charge on any atom is 0.332 e. The van der Waals surface area contributed by atoms with E-state index in [0.29, 0.717) is 6.92 Å². The molecule has 0 atom stereocenters. The molecule has 0 aliphatic rings. The minimum Gasteiger partial charge on any atom is -0.364 e. The van der Waals surface area contributed by atoms with E-state index in [1.807, 2.05) is 0 Å². The van der Waals surface area contributed by atoms with Crippen molar-refractivity contribution in [3.8, 4) is 6.07 Å². The quantitative estimate of drug-likeness (QED) is 0.829. The van der Waals surface area contributed by atoms with E-state index in [-0.39, 0.29) is 11.4 Å². The molecule has 0 radical (unpaired) electrons. The molecule has 0 aliphatic heterocycles. The Morgan fingerprint density at radius 3 is 2.33 bits per heavy atom. The molecule has 1 aromatic rings. The Labute approximate surface area is 101 Å². The number of nitrogens with one attached hydrogen (secondary N) is 1. The fraction of sp³-hybridized carbons (Fsp3) is 0.500. The van der Waals surface area contributed by atoms with Gasteiger partial charge in [-0.1, -0.05) is 0 Å². The molecular weight excluding hydrogens is 246 g/mol. The number of hydrogen-bond donors (Lipinski definition) is 1. The van der Waals surface area contributed by atoms with Gasteiger partial charge >= 0.3 is 5.69 Å². The maximum atomic E-state index is 12.7. The third-order valence-corrected chi connectivity index (χ3v) is 2.34. The van der Waals surface area contributed by atoms with Gasteiger partial charge in [0.05, 0.1) is 6.54 Å². The summed E-state index contributed by atoms with van der Waals surface area (Å²) >= 11 is 0. The molecule has 1 heterocycles. The summed E-state index contributed by atoms with van der Waals surface area (Å²) in [6.07, 6.45) is 0. The number of alkyl halides is 2. The molecular formula is C10H12F2N4O2. The van der Waals surface area contributed by atoms with Crippen molar-refractivity contribution in [2.75, 3.05) is 11.9 Å². The van der Waals surface area contributed by atoms with Crippen molar-refractivity contribution >= 4 is 5.82 Å². The summed E-state index contributed by atoms with van der Waals surface area (Å²) in [6.45, 7) is -0.0900. The van der Waals surface area contributed by atoms with Gasteiger partial charge in [0.1, 0.15) is 11.9 Å². The average molecular weight is 258 g/mol. The van der Waals surface area contributed by atoms with Gasteiger partial charge in [-0.05, 0) is 0 Å². The molecule has 18 heavy (non-hydrogen) atoms. The van der Waals surface area contributed by atoms with Crippen LogP contribution >= 0.6 is 0 Å². The molecule has 0 bridgehead atoms. The Kier molecular flexibility index (Phi) is 3.55. The van der Waals surface area contributed by atoms with E-state index in [0.717, 1.165) is 9.13 Å². The number of nitriles is 1. The maximum absolute atomic E-state index is 12.7. The van der Waals surface area contributed by atoms with E-state index in [2.05, 4.69) is 5.32 Å². The molecule has 0 unspecified atom stereocenters. The molecule has 1 N–H and O–H groups in total. The van der Waals surface area contributed by atoms with E-state index in [9.17, 15) is 18.4 Å². The average Bonchev–Trinajstić information content (AvgIpc) is 2.28. The van der Waals surface area contributed by atoms with E-state index >= 15 is 0 Å². The number of hydrogen-bond acceptors (Lipinski definition) is 4. The van der Waals surface area contributed by atoms with Crippen LogP contribution in [0.2, 0.25) is 0 Å². The van der Waals surface area contributed by atoms with Crippen molar-refractivity contribution < 1.29 is 8.78 Å². The summed E-state index contributed by atoms with van der Waals surface area (Å²) in [7, 11) is 2.50. The minimum absolute atomic E-state index is 0.202. The summed E-state index contributed by atoms with van der Waals surface area (Å²) in [5.74, 6) is -3.23. The van der Waals surface area contributed by atoms with Crippen LogP contribution in [0, 0.1) is 11.3 Å². The number of halogens is 2. The molecule has 0 amide bonds. The van der Waals surface area contributed by atoms with Crippen LogP contribution < -0.4 is 16.6 Å². The van der Waals surface area contributed by atoms with Crippen molar-refractivity contribution in [1.82, 2.24) is 9.13 Å². The molecule has 8 heteroatoms. The first kappa shape index (κ1) is 13.9. The largest absolute Gasteiger partial charge is 0.364 e. The molecule has 0 fully saturated rings. The van der Waals surface area contributed by atoms with Crippen LogP contribution in [0.5, 0.6) is 0 Å². The van der Waals surface area contributed by atoms with Gasteiger partial charge in [0.2, 0.25) is 0 Å². The highest BCUT2D eigenvalue weighted by atomic mass is 19.3. The Hall–Kier alpha value is -2.17. The Morgan fingerprint density at radius 2 is 1.89 bits per heavy atom. The number of anilines is 1. The standard InChI is InChI=1S/C10H12F2N4O2/c1-10(11,12)5-14-7-6(4-13)8(17)16(3)9(18)15(7)2/h14H,5H2,1-3H3. The number of aromatic nitrogens is 2. The highest BCUT2D eigenvalue weighted by Crippen LogP contribution is 2.14. The van der Waals surface area contributed by atoms with Crippen molar-refractivity contribution in [2.45, 2.75) is 12.8 Å². The summed E-state index contributed by atoms with van der Waals surface area (Å²) in [4.78, 5) is 23.2. The summed E-state index contributed by atoms with van der Waals surface area (Å²) in [6, 6.07) is 1.61. The zero-order chi connectivity index (χ0) is 14.1. The lowest BCUT2D eigenvalue weighted by molar-refractivity contribution is 0.0366. The van der Waals surface area contributed by atoms with Gasteiger partial charge in [-0.2, -0.15) is 5.26 Å². The third-order valence-electron chi connectivity index (χ3n) is 2.34. The molecule has 0 spiro atoms. The smallest absolute Gasteiger partial charge is 0.332 e. The first-order chi connectivity index (χ1) is 8.19. The topological polar surface area (TPSA) is 79.8 Å². The lowest BCUT2D eigenvalue weighted by Gasteiger charge is -2.16. The lowest BCUT2D eigenvalue weighted by Crippen LogP contribution is -2.40. The molecule has 0 saturated heterocycles. The Bertz CT molecular complexity index is 619. The van der Waals surface area contributed by atoms with Crippen LogP contribution in [0.3, 0.4) is 0 Å². The van der Waals surface area contributed by atoms with Gasteiger partial charge in [0.25, 0.3) is 11.5 Å². The normalized spacial score (nSPS) is 11.1. The molecule has 1 aromatic heterocycles. The fourth-order valence-corrected chi connectivity index (χ4v) is 1.39. The van der Waals surface area contributed by atoms with Crippen molar-refractivity contribution in [3.05, 3.63) is 26.4 Å². The monoisotopic (exact) mass is 258 g/mol. The number of nitrogens with zero attached hydrogens (tertiary/aromatic N) is 3. The second kappa shape index (κ2) is 4.60. The SMILES string of the molecule is Cn1c(NCC(C)(F)F)c(C#N)c(=O)n(C)c1=O. The third kappa shape index (κ3) is 2.56. The van der Waals surface area contributed by atoms with Gasteiger partial charge < -0.3 is 5.32 Å². The molecule has 98 valence electrons. The van der Waals surface area contributed by atoms with Crippen molar-refractivity contribution in [3.63, 3.8) is 0 Å². The lowest BCUT2D eigenvalue weighted by atomic mass is 10.3. The van der Waals surface area contributed by atoms with Gasteiger partial charge in [0.15, 0.2) is 5.56 Å². The minimum atomic E-state index is -3.02. The summed E-state index contributed by atoms with van der Waals surface area (Å²) in [5.41, 5.74) is -1.88. The second-order valence-corrected chi connectivity index (χ2v) is 3.96. The molecule has 6 nitrogen and oxygen atoms in total. The fourth-order valence-electron chi connectivity index (χ4n) is 1.39. The van der Waals surface area contributed by atoms with Gasteiger partial charge in [-0.3, -0.25) is 13.9 Å². The van der Waals surface area contributed by atoms with Crippen LogP contribution in [0.15, 0.2) is 9.59 Å². The van der Waals surface area contributed by atoms with Crippen LogP contribution in [0.4, 0.5) is 14.6 Å². The summed E-state index contributed by atoms with van der Waals surface area (Å²) in [5, 5.41) is 11.1. The Balaban J connectivity index is 3.41. The molecule has 0 saturated carbocycles.